The molecule has 1 amide bonds. The van der Waals surface area contributed by atoms with Crippen molar-refractivity contribution < 1.29 is 14.3 Å². The largest absolute Gasteiger partial charge is 0.493 e. The van der Waals surface area contributed by atoms with Gasteiger partial charge in [-0.05, 0) is 74.1 Å². The van der Waals surface area contributed by atoms with Gasteiger partial charge in [-0.2, -0.15) is 5.10 Å². The minimum Gasteiger partial charge on any atom is -0.493 e. The van der Waals surface area contributed by atoms with Crippen molar-refractivity contribution in [1.82, 2.24) is 14.7 Å². The van der Waals surface area contributed by atoms with Gasteiger partial charge in [-0.1, -0.05) is 56.0 Å². The normalized spacial score (nSPS) is 18.8. The number of nitrogens with zero attached hydrogens (tertiary/aromatic N) is 3. The molecular weight excluding hydrogens is 514 g/mol. The van der Waals surface area contributed by atoms with Gasteiger partial charge >= 0.3 is 0 Å². The van der Waals surface area contributed by atoms with Crippen molar-refractivity contribution in [3.05, 3.63) is 70.8 Å². The van der Waals surface area contributed by atoms with E-state index in [-0.39, 0.29) is 12.0 Å². The SMILES string of the molecule is Cc1cc(-c2nn(-c3ccccc3)cc2C=C2SC(=S)N(CC3CCCO3)C2=O)ccc1OCCC(C)C. The van der Waals surface area contributed by atoms with E-state index in [1.807, 2.05) is 59.4 Å². The van der Waals surface area contributed by atoms with Gasteiger partial charge in [-0.15, -0.1) is 0 Å². The molecule has 1 aromatic heterocycles. The van der Waals surface area contributed by atoms with E-state index in [1.165, 1.54) is 11.8 Å². The zero-order valence-corrected chi connectivity index (χ0v) is 23.7. The minimum atomic E-state index is -0.0704. The Kier molecular flexibility index (Phi) is 8.31. The average molecular weight is 548 g/mol. The molecule has 0 aliphatic carbocycles. The lowest BCUT2D eigenvalue weighted by molar-refractivity contribution is -0.123. The van der Waals surface area contributed by atoms with E-state index in [4.69, 9.17) is 26.8 Å². The van der Waals surface area contributed by atoms with Crippen LogP contribution in [-0.4, -0.2) is 50.8 Å². The van der Waals surface area contributed by atoms with Crippen LogP contribution in [-0.2, 0) is 9.53 Å². The molecule has 38 heavy (non-hydrogen) atoms. The van der Waals surface area contributed by atoms with Crippen molar-refractivity contribution in [2.24, 2.45) is 5.92 Å². The zero-order chi connectivity index (χ0) is 26.6. The van der Waals surface area contributed by atoms with Crippen LogP contribution in [0.3, 0.4) is 0 Å². The number of carbonyl (C=O) groups is 1. The van der Waals surface area contributed by atoms with Crippen LogP contribution in [0, 0.1) is 12.8 Å². The van der Waals surface area contributed by atoms with Crippen LogP contribution in [0.1, 0.15) is 44.2 Å². The molecular formula is C30H33N3O3S2. The third kappa shape index (κ3) is 6.03. The molecule has 2 aliphatic heterocycles. The van der Waals surface area contributed by atoms with E-state index in [1.54, 1.807) is 4.90 Å². The molecule has 3 aromatic rings. The number of amides is 1. The fourth-order valence-electron chi connectivity index (χ4n) is 4.58. The number of aromatic nitrogens is 2. The van der Waals surface area contributed by atoms with E-state index in [2.05, 4.69) is 26.8 Å². The Morgan fingerprint density at radius 2 is 2.05 bits per heavy atom. The molecule has 2 saturated heterocycles. The second kappa shape index (κ2) is 11.8. The van der Waals surface area contributed by atoms with E-state index in [9.17, 15) is 4.79 Å². The van der Waals surface area contributed by atoms with Gasteiger partial charge in [0.1, 0.15) is 15.8 Å². The summed E-state index contributed by atoms with van der Waals surface area (Å²) in [7, 11) is 0. The van der Waals surface area contributed by atoms with Crippen molar-refractivity contribution in [3.63, 3.8) is 0 Å². The summed E-state index contributed by atoms with van der Waals surface area (Å²) in [4.78, 5) is 15.6. The lowest BCUT2D eigenvalue weighted by Crippen LogP contribution is -2.35. The standard InChI is InChI=1S/C30H33N3O3S2/c1-20(2)13-15-36-26-12-11-22(16-21(26)3)28-23(18-33(31-28)24-8-5-4-6-9-24)17-27-29(34)32(30(37)38-27)19-25-10-7-14-35-25/h4-6,8-9,11-12,16-18,20,25H,7,10,13-15,19H2,1-3H3. The molecule has 1 atom stereocenters. The summed E-state index contributed by atoms with van der Waals surface area (Å²) >= 11 is 6.91. The summed E-state index contributed by atoms with van der Waals surface area (Å²) in [5.41, 5.74) is 4.63. The smallest absolute Gasteiger partial charge is 0.266 e. The molecule has 198 valence electrons. The van der Waals surface area contributed by atoms with Crippen LogP contribution in [0.25, 0.3) is 23.0 Å². The maximum Gasteiger partial charge on any atom is 0.266 e. The van der Waals surface area contributed by atoms with Crippen molar-refractivity contribution in [1.29, 1.82) is 0 Å². The Morgan fingerprint density at radius 1 is 1.24 bits per heavy atom. The molecule has 2 aliphatic rings. The number of para-hydroxylation sites is 1. The topological polar surface area (TPSA) is 56.6 Å². The van der Waals surface area contributed by atoms with Gasteiger partial charge in [0.2, 0.25) is 0 Å². The third-order valence-electron chi connectivity index (χ3n) is 6.73. The number of thiocarbonyl (C=S) groups is 1. The summed E-state index contributed by atoms with van der Waals surface area (Å²) in [6.07, 6.45) is 6.94. The molecule has 0 N–H and O–H groups in total. The Morgan fingerprint density at radius 3 is 2.76 bits per heavy atom. The van der Waals surface area contributed by atoms with Gasteiger partial charge in [0.15, 0.2) is 0 Å². The number of hydrogen-bond acceptors (Lipinski definition) is 6. The van der Waals surface area contributed by atoms with Gasteiger partial charge in [-0.3, -0.25) is 9.69 Å². The second-order valence-electron chi connectivity index (χ2n) is 10.2. The summed E-state index contributed by atoms with van der Waals surface area (Å²) in [5.74, 6) is 1.41. The van der Waals surface area contributed by atoms with Crippen molar-refractivity contribution in [2.45, 2.75) is 46.1 Å². The Bertz CT molecular complexity index is 1340. The Labute approximate surface area is 234 Å². The molecule has 0 saturated carbocycles. The first-order valence-corrected chi connectivity index (χ1v) is 14.4. The summed E-state index contributed by atoms with van der Waals surface area (Å²) in [6.45, 7) is 8.39. The molecule has 6 nitrogen and oxygen atoms in total. The summed E-state index contributed by atoms with van der Waals surface area (Å²) < 4.78 is 14.2. The first-order chi connectivity index (χ1) is 18.4. The van der Waals surface area contributed by atoms with Crippen LogP contribution < -0.4 is 4.74 Å². The molecule has 1 unspecified atom stereocenters. The lowest BCUT2D eigenvalue weighted by Gasteiger charge is -2.18. The van der Waals surface area contributed by atoms with Crippen LogP contribution in [0.15, 0.2) is 59.6 Å². The average Bonchev–Trinajstić information content (AvgIpc) is 3.63. The quantitative estimate of drug-likeness (QED) is 0.221. The van der Waals surface area contributed by atoms with Gasteiger partial charge in [-0.25, -0.2) is 4.68 Å². The van der Waals surface area contributed by atoms with Crippen LogP contribution in [0.2, 0.25) is 0 Å². The minimum absolute atomic E-state index is 0.0532. The van der Waals surface area contributed by atoms with Crippen LogP contribution in [0.4, 0.5) is 0 Å². The number of aryl methyl sites for hydroxylation is 1. The fraction of sp³-hybridized carbons (Fsp3) is 0.367. The predicted octanol–water partition coefficient (Wildman–Crippen LogP) is 6.65. The molecule has 3 heterocycles. The number of carbonyl (C=O) groups excluding carboxylic acids is 1. The van der Waals surface area contributed by atoms with E-state index in [0.717, 1.165) is 59.7 Å². The highest BCUT2D eigenvalue weighted by atomic mass is 32.2. The number of rotatable bonds is 9. The number of benzene rings is 2. The molecule has 5 rings (SSSR count). The predicted molar refractivity (Wildman–Crippen MR) is 158 cm³/mol. The summed E-state index contributed by atoms with van der Waals surface area (Å²) in [5, 5.41) is 4.94. The zero-order valence-electron chi connectivity index (χ0n) is 22.1. The Balaban J connectivity index is 1.46. The lowest BCUT2D eigenvalue weighted by atomic mass is 10.0. The van der Waals surface area contributed by atoms with Crippen molar-refractivity contribution >= 4 is 40.3 Å². The highest BCUT2D eigenvalue weighted by Crippen LogP contribution is 2.36. The highest BCUT2D eigenvalue weighted by Gasteiger charge is 2.35. The van der Waals surface area contributed by atoms with Gasteiger partial charge in [0.05, 0.1) is 29.8 Å². The number of ether oxygens (including phenoxy) is 2. The van der Waals surface area contributed by atoms with E-state index < -0.39 is 0 Å². The first kappa shape index (κ1) is 26.7. The molecule has 8 heteroatoms. The van der Waals surface area contributed by atoms with Crippen molar-refractivity contribution in [3.8, 4) is 22.7 Å². The fourth-order valence-corrected chi connectivity index (χ4v) is 5.85. The molecule has 0 bridgehead atoms. The van der Waals surface area contributed by atoms with E-state index >= 15 is 0 Å². The third-order valence-corrected chi connectivity index (χ3v) is 8.11. The van der Waals surface area contributed by atoms with E-state index in [0.29, 0.717) is 28.3 Å². The van der Waals surface area contributed by atoms with Crippen LogP contribution >= 0.6 is 24.0 Å². The first-order valence-electron chi connectivity index (χ1n) is 13.1. The van der Waals surface area contributed by atoms with Crippen molar-refractivity contribution in [2.75, 3.05) is 19.8 Å². The monoisotopic (exact) mass is 547 g/mol. The Hall–Kier alpha value is -2.94. The maximum absolute atomic E-state index is 13.3. The van der Waals surface area contributed by atoms with Gasteiger partial charge in [0.25, 0.3) is 5.91 Å². The maximum atomic E-state index is 13.3. The number of thioether (sulfide) groups is 1. The molecule has 0 spiro atoms. The molecule has 2 fully saturated rings. The number of hydrogen-bond donors (Lipinski definition) is 0. The summed E-state index contributed by atoms with van der Waals surface area (Å²) in [6, 6.07) is 16.1. The second-order valence-corrected chi connectivity index (χ2v) is 11.8. The van der Waals surface area contributed by atoms with Crippen LogP contribution in [0.5, 0.6) is 5.75 Å². The molecule has 0 radical (unpaired) electrons. The van der Waals surface area contributed by atoms with Gasteiger partial charge in [0, 0.05) is 23.9 Å². The highest BCUT2D eigenvalue weighted by molar-refractivity contribution is 8.26. The molecule has 2 aromatic carbocycles. The van der Waals surface area contributed by atoms with Gasteiger partial charge < -0.3 is 9.47 Å².